The molecule has 23 heavy (non-hydrogen) atoms. The van der Waals surface area contributed by atoms with Crippen LogP contribution in [-0.4, -0.2) is 34.4 Å². The van der Waals surface area contributed by atoms with E-state index in [-0.39, 0.29) is 11.0 Å². The van der Waals surface area contributed by atoms with Crippen LogP contribution in [0.2, 0.25) is 0 Å². The standard InChI is InChI=1S/C15H22N2O4S2/c1-12-7-8-13(16-23(20,21)14-5-2-3-6-14)11-15(12)17-9-4-10-22(17,18)19/h7-8,11,14,16H,2-6,9-10H2,1H3. The van der Waals surface area contributed by atoms with Gasteiger partial charge < -0.3 is 0 Å². The van der Waals surface area contributed by atoms with Crippen molar-refractivity contribution >= 4 is 31.4 Å². The summed E-state index contributed by atoms with van der Waals surface area (Å²) in [7, 11) is -6.70. The molecule has 3 rings (SSSR count). The third-order valence-electron chi connectivity index (χ3n) is 4.58. The number of anilines is 2. The number of aryl methyl sites for hydroxylation is 1. The molecule has 0 spiro atoms. The summed E-state index contributed by atoms with van der Waals surface area (Å²) in [5.41, 5.74) is 1.81. The maximum absolute atomic E-state index is 12.4. The van der Waals surface area contributed by atoms with Gasteiger partial charge in [-0.25, -0.2) is 16.8 Å². The lowest BCUT2D eigenvalue weighted by atomic mass is 10.2. The number of sulfonamides is 2. The summed E-state index contributed by atoms with van der Waals surface area (Å²) < 4.78 is 53.0. The fourth-order valence-electron chi connectivity index (χ4n) is 3.30. The smallest absolute Gasteiger partial charge is 0.235 e. The molecule has 2 aliphatic rings. The third-order valence-corrected chi connectivity index (χ3v) is 8.30. The Labute approximate surface area is 138 Å². The van der Waals surface area contributed by atoms with Gasteiger partial charge >= 0.3 is 0 Å². The zero-order valence-electron chi connectivity index (χ0n) is 13.2. The van der Waals surface area contributed by atoms with Crippen LogP contribution in [0, 0.1) is 6.92 Å². The highest BCUT2D eigenvalue weighted by atomic mass is 32.2. The highest BCUT2D eigenvalue weighted by Gasteiger charge is 2.31. The molecule has 1 aliphatic heterocycles. The van der Waals surface area contributed by atoms with E-state index in [2.05, 4.69) is 4.72 Å². The van der Waals surface area contributed by atoms with Gasteiger partial charge in [0.05, 0.1) is 22.4 Å². The molecule has 1 saturated carbocycles. The molecule has 1 saturated heterocycles. The normalized spacial score (nSPS) is 21.7. The molecule has 0 atom stereocenters. The second-order valence-electron chi connectivity index (χ2n) is 6.30. The average molecular weight is 358 g/mol. The quantitative estimate of drug-likeness (QED) is 0.894. The van der Waals surface area contributed by atoms with Crippen molar-refractivity contribution in [1.29, 1.82) is 0 Å². The van der Waals surface area contributed by atoms with E-state index >= 15 is 0 Å². The van der Waals surface area contributed by atoms with E-state index in [0.29, 0.717) is 37.2 Å². The zero-order valence-corrected chi connectivity index (χ0v) is 14.8. The van der Waals surface area contributed by atoms with E-state index in [4.69, 9.17) is 0 Å². The molecule has 1 aromatic rings. The SMILES string of the molecule is Cc1ccc(NS(=O)(=O)C2CCCC2)cc1N1CCCS1(=O)=O. The van der Waals surface area contributed by atoms with Crippen molar-refractivity contribution in [3.8, 4) is 0 Å². The van der Waals surface area contributed by atoms with Gasteiger partial charge in [0.2, 0.25) is 20.0 Å². The first-order valence-electron chi connectivity index (χ1n) is 7.92. The summed E-state index contributed by atoms with van der Waals surface area (Å²) in [5, 5.41) is -0.345. The van der Waals surface area contributed by atoms with Crippen LogP contribution in [0.4, 0.5) is 11.4 Å². The summed E-state index contributed by atoms with van der Waals surface area (Å²) >= 11 is 0. The topological polar surface area (TPSA) is 83.6 Å². The molecule has 8 heteroatoms. The molecular weight excluding hydrogens is 336 g/mol. The first-order chi connectivity index (χ1) is 10.8. The second-order valence-corrected chi connectivity index (χ2v) is 10.3. The Bertz CT molecular complexity index is 797. The summed E-state index contributed by atoms with van der Waals surface area (Å²) in [6, 6.07) is 5.08. The maximum atomic E-state index is 12.4. The lowest BCUT2D eigenvalue weighted by molar-refractivity contribution is 0.585. The lowest BCUT2D eigenvalue weighted by Gasteiger charge is -2.21. The van der Waals surface area contributed by atoms with Gasteiger partial charge in [0.25, 0.3) is 0 Å². The number of rotatable bonds is 4. The van der Waals surface area contributed by atoms with Gasteiger partial charge in [-0.15, -0.1) is 0 Å². The van der Waals surface area contributed by atoms with Gasteiger partial charge in [-0.3, -0.25) is 9.03 Å². The first kappa shape index (κ1) is 16.6. The van der Waals surface area contributed by atoms with Crippen LogP contribution in [0.15, 0.2) is 18.2 Å². The highest BCUT2D eigenvalue weighted by Crippen LogP contribution is 2.32. The number of nitrogens with one attached hydrogen (secondary N) is 1. The van der Waals surface area contributed by atoms with E-state index in [1.54, 1.807) is 18.2 Å². The van der Waals surface area contributed by atoms with E-state index < -0.39 is 20.0 Å². The van der Waals surface area contributed by atoms with Gasteiger partial charge in [-0.1, -0.05) is 18.9 Å². The van der Waals surface area contributed by atoms with Crippen molar-refractivity contribution in [2.75, 3.05) is 21.3 Å². The van der Waals surface area contributed by atoms with Crippen molar-refractivity contribution in [3.63, 3.8) is 0 Å². The van der Waals surface area contributed by atoms with E-state index in [9.17, 15) is 16.8 Å². The molecule has 1 heterocycles. The number of benzene rings is 1. The van der Waals surface area contributed by atoms with Crippen molar-refractivity contribution in [1.82, 2.24) is 0 Å². The monoisotopic (exact) mass is 358 g/mol. The van der Waals surface area contributed by atoms with Gasteiger partial charge in [-0.2, -0.15) is 0 Å². The lowest BCUT2D eigenvalue weighted by Crippen LogP contribution is -2.27. The van der Waals surface area contributed by atoms with Gasteiger partial charge in [0.15, 0.2) is 0 Å². The number of hydrogen-bond acceptors (Lipinski definition) is 4. The molecule has 0 bridgehead atoms. The fraction of sp³-hybridized carbons (Fsp3) is 0.600. The molecule has 0 unspecified atom stereocenters. The van der Waals surface area contributed by atoms with Crippen LogP contribution in [0.5, 0.6) is 0 Å². The van der Waals surface area contributed by atoms with Gasteiger partial charge in [-0.05, 0) is 43.9 Å². The Morgan fingerprint density at radius 3 is 2.48 bits per heavy atom. The van der Waals surface area contributed by atoms with Crippen LogP contribution in [0.25, 0.3) is 0 Å². The third kappa shape index (κ3) is 3.33. The Kier molecular flexibility index (Phi) is 4.31. The van der Waals surface area contributed by atoms with Crippen molar-refractivity contribution in [2.45, 2.75) is 44.3 Å². The Morgan fingerprint density at radius 1 is 1.17 bits per heavy atom. The minimum atomic E-state index is -3.41. The number of hydrogen-bond donors (Lipinski definition) is 1. The van der Waals surface area contributed by atoms with Crippen LogP contribution in [0.3, 0.4) is 0 Å². The Morgan fingerprint density at radius 2 is 1.87 bits per heavy atom. The predicted octanol–water partition coefficient (Wildman–Crippen LogP) is 2.22. The molecule has 1 aliphatic carbocycles. The second kappa shape index (κ2) is 5.98. The van der Waals surface area contributed by atoms with Crippen molar-refractivity contribution in [2.24, 2.45) is 0 Å². The molecule has 0 radical (unpaired) electrons. The van der Waals surface area contributed by atoms with E-state index in [1.165, 1.54) is 4.31 Å². The zero-order chi connectivity index (χ0) is 16.7. The molecular formula is C15H22N2O4S2. The Hall–Kier alpha value is -1.28. The molecule has 128 valence electrons. The summed E-state index contributed by atoms with van der Waals surface area (Å²) in [4.78, 5) is 0. The highest BCUT2D eigenvalue weighted by molar-refractivity contribution is 7.93. The fourth-order valence-corrected chi connectivity index (χ4v) is 6.49. The predicted molar refractivity (Wildman–Crippen MR) is 91.7 cm³/mol. The minimum Gasteiger partial charge on any atom is -0.283 e. The number of nitrogens with zero attached hydrogens (tertiary/aromatic N) is 1. The van der Waals surface area contributed by atoms with Gasteiger partial charge in [0.1, 0.15) is 0 Å². The summed E-state index contributed by atoms with van der Waals surface area (Å²) in [6.07, 6.45) is 3.86. The van der Waals surface area contributed by atoms with Crippen molar-refractivity contribution in [3.05, 3.63) is 23.8 Å². The van der Waals surface area contributed by atoms with Gasteiger partial charge in [0, 0.05) is 6.54 Å². The van der Waals surface area contributed by atoms with Crippen LogP contribution in [0.1, 0.15) is 37.7 Å². The van der Waals surface area contributed by atoms with E-state index in [1.807, 2.05) is 6.92 Å². The summed E-state index contributed by atoms with van der Waals surface area (Å²) in [6.45, 7) is 2.28. The van der Waals surface area contributed by atoms with Crippen molar-refractivity contribution < 1.29 is 16.8 Å². The largest absolute Gasteiger partial charge is 0.283 e. The molecule has 6 nitrogen and oxygen atoms in total. The molecule has 0 amide bonds. The summed E-state index contributed by atoms with van der Waals surface area (Å²) in [5.74, 6) is 0.143. The van der Waals surface area contributed by atoms with Crippen LogP contribution >= 0.6 is 0 Å². The first-order valence-corrected chi connectivity index (χ1v) is 11.1. The molecule has 2 fully saturated rings. The molecule has 1 N–H and O–H groups in total. The Balaban J connectivity index is 1.89. The van der Waals surface area contributed by atoms with Crippen LogP contribution < -0.4 is 9.03 Å². The average Bonchev–Trinajstić information content (AvgIpc) is 3.10. The maximum Gasteiger partial charge on any atom is 0.235 e. The minimum absolute atomic E-state index is 0.143. The molecule has 0 aromatic heterocycles. The molecule has 1 aromatic carbocycles. The van der Waals surface area contributed by atoms with E-state index in [0.717, 1.165) is 18.4 Å². The van der Waals surface area contributed by atoms with Crippen LogP contribution in [-0.2, 0) is 20.0 Å².